The molecule has 7 heteroatoms. The van der Waals surface area contributed by atoms with Gasteiger partial charge in [0.05, 0.1) is 4.92 Å². The summed E-state index contributed by atoms with van der Waals surface area (Å²) in [5.74, 6) is 0.180. The summed E-state index contributed by atoms with van der Waals surface area (Å²) in [6.07, 6.45) is -0.252. The van der Waals surface area contributed by atoms with E-state index in [4.69, 9.17) is 14.4 Å². The molecular weight excluding hydrogens is 300 g/mol. The highest BCUT2D eigenvalue weighted by Crippen LogP contribution is 2.28. The number of non-ortho nitro benzene ring substituents is 1. The number of hydrogen-bond donors (Lipinski definition) is 0. The summed E-state index contributed by atoms with van der Waals surface area (Å²) in [5.41, 5.74) is 0.599. The van der Waals surface area contributed by atoms with E-state index in [1.165, 1.54) is 12.1 Å². The van der Waals surface area contributed by atoms with Crippen LogP contribution in [0.2, 0.25) is 0 Å². The molecule has 0 amide bonds. The van der Waals surface area contributed by atoms with Crippen molar-refractivity contribution in [3.8, 4) is 17.4 Å². The predicted octanol–water partition coefficient (Wildman–Crippen LogP) is 3.76. The molecule has 23 heavy (non-hydrogen) atoms. The Morgan fingerprint density at radius 3 is 2.61 bits per heavy atom. The van der Waals surface area contributed by atoms with Gasteiger partial charge in [-0.25, -0.2) is 0 Å². The third-order valence-corrected chi connectivity index (χ3v) is 3.07. The third kappa shape index (κ3) is 3.95. The first-order valence-corrected chi connectivity index (χ1v) is 6.98. The number of benzene rings is 1. The van der Waals surface area contributed by atoms with Crippen molar-refractivity contribution < 1.29 is 18.9 Å². The maximum atomic E-state index is 11.5. The van der Waals surface area contributed by atoms with Crippen LogP contribution in [0.15, 0.2) is 40.8 Å². The van der Waals surface area contributed by atoms with Gasteiger partial charge in [-0.05, 0) is 30.7 Å². The zero-order valence-electron chi connectivity index (χ0n) is 12.4. The number of nitrogens with zero attached hydrogens (tertiary/aromatic N) is 2. The van der Waals surface area contributed by atoms with Crippen LogP contribution in [0.25, 0.3) is 11.3 Å². The molecule has 1 heterocycles. The smallest absolute Gasteiger partial charge is 0.307 e. The average molecular weight is 314 g/mol. The molecule has 1 aromatic carbocycles. The molecule has 0 saturated carbocycles. The number of ether oxygens (including phenoxy) is 1. The minimum Gasteiger partial charge on any atom is -0.456 e. The van der Waals surface area contributed by atoms with Crippen LogP contribution in [0.1, 0.15) is 31.6 Å². The zero-order chi connectivity index (χ0) is 16.8. The second kappa shape index (κ2) is 7.22. The number of carbonyl (C=O) groups excluding carboxylic acids is 1. The molecule has 0 radical (unpaired) electrons. The molecule has 1 aromatic heterocycles. The number of furan rings is 1. The van der Waals surface area contributed by atoms with Crippen LogP contribution in [-0.2, 0) is 9.53 Å². The molecule has 0 spiro atoms. The molecule has 0 aliphatic heterocycles. The Hall–Kier alpha value is -3.14. The summed E-state index contributed by atoms with van der Waals surface area (Å²) in [6, 6.07) is 10.9. The van der Waals surface area contributed by atoms with Crippen molar-refractivity contribution in [2.45, 2.75) is 25.9 Å². The molecule has 0 N–H and O–H groups in total. The first kappa shape index (κ1) is 16.2. The Kier molecular flexibility index (Phi) is 5.10. The van der Waals surface area contributed by atoms with Gasteiger partial charge in [0.1, 0.15) is 11.8 Å². The highest BCUT2D eigenvalue weighted by molar-refractivity contribution is 5.70. The second-order valence-electron chi connectivity index (χ2n) is 4.75. The van der Waals surface area contributed by atoms with Crippen LogP contribution >= 0.6 is 0 Å². The van der Waals surface area contributed by atoms with Gasteiger partial charge in [0, 0.05) is 24.1 Å². The van der Waals surface area contributed by atoms with E-state index in [2.05, 4.69) is 0 Å². The van der Waals surface area contributed by atoms with Crippen LogP contribution in [0, 0.1) is 21.4 Å². The maximum absolute atomic E-state index is 11.5. The van der Waals surface area contributed by atoms with Crippen molar-refractivity contribution in [3.05, 3.63) is 52.3 Å². The summed E-state index contributed by atoms with van der Waals surface area (Å²) in [7, 11) is 0. The highest BCUT2D eigenvalue weighted by atomic mass is 16.6. The van der Waals surface area contributed by atoms with Crippen LogP contribution in [0.5, 0.6) is 0 Å². The summed E-state index contributed by atoms with van der Waals surface area (Å²) in [6.45, 7) is 1.84. The molecule has 7 nitrogen and oxygen atoms in total. The van der Waals surface area contributed by atoms with Gasteiger partial charge in [-0.1, -0.05) is 6.92 Å². The van der Waals surface area contributed by atoms with Crippen molar-refractivity contribution >= 4 is 11.7 Å². The largest absolute Gasteiger partial charge is 0.456 e. The van der Waals surface area contributed by atoms with Crippen LogP contribution in [0.4, 0.5) is 5.69 Å². The van der Waals surface area contributed by atoms with E-state index in [1.54, 1.807) is 24.3 Å². The average Bonchev–Trinajstić information content (AvgIpc) is 3.02. The molecule has 0 fully saturated rings. The summed E-state index contributed by atoms with van der Waals surface area (Å²) >= 11 is 0. The molecule has 0 saturated heterocycles. The number of carbonyl (C=O) groups is 1. The SMILES string of the molecule is CCCC(=O)OC(C#N)c1ccc(-c2ccc([N+](=O)[O-])cc2)o1. The fraction of sp³-hybridized carbons (Fsp3) is 0.250. The summed E-state index contributed by atoms with van der Waals surface area (Å²) in [4.78, 5) is 21.6. The standard InChI is InChI=1S/C16H14N2O5/c1-2-3-16(19)23-15(10-17)14-9-8-13(22-14)11-4-6-12(7-5-11)18(20)21/h4-9,15H,2-3H2,1H3. The lowest BCUT2D eigenvalue weighted by Gasteiger charge is -2.07. The van der Waals surface area contributed by atoms with Crippen molar-refractivity contribution in [2.75, 3.05) is 0 Å². The first-order chi connectivity index (χ1) is 11.0. The molecule has 1 atom stereocenters. The first-order valence-electron chi connectivity index (χ1n) is 6.98. The quantitative estimate of drug-likeness (QED) is 0.456. The lowest BCUT2D eigenvalue weighted by molar-refractivity contribution is -0.384. The number of hydrogen-bond acceptors (Lipinski definition) is 6. The summed E-state index contributed by atoms with van der Waals surface area (Å²) in [5, 5.41) is 19.7. The number of esters is 1. The van der Waals surface area contributed by atoms with E-state index in [9.17, 15) is 14.9 Å². The van der Waals surface area contributed by atoms with Gasteiger partial charge in [0.15, 0.2) is 5.76 Å². The molecule has 0 aliphatic carbocycles. The van der Waals surface area contributed by atoms with Gasteiger partial charge in [0.25, 0.3) is 5.69 Å². The topological polar surface area (TPSA) is 106 Å². The van der Waals surface area contributed by atoms with E-state index in [0.717, 1.165) is 0 Å². The lowest BCUT2D eigenvalue weighted by Crippen LogP contribution is -2.08. The van der Waals surface area contributed by atoms with Gasteiger partial charge in [-0.2, -0.15) is 5.26 Å². The Bertz CT molecular complexity index is 743. The van der Waals surface area contributed by atoms with Crippen LogP contribution in [-0.4, -0.2) is 10.9 Å². The monoisotopic (exact) mass is 314 g/mol. The number of nitro groups is 1. The van der Waals surface area contributed by atoms with Gasteiger partial charge >= 0.3 is 5.97 Å². The van der Waals surface area contributed by atoms with E-state index in [0.29, 0.717) is 17.7 Å². The van der Waals surface area contributed by atoms with Gasteiger partial charge < -0.3 is 9.15 Å². The Balaban J connectivity index is 2.17. The van der Waals surface area contributed by atoms with Crippen molar-refractivity contribution in [1.29, 1.82) is 5.26 Å². The Labute approximate surface area is 132 Å². The maximum Gasteiger partial charge on any atom is 0.307 e. The van der Waals surface area contributed by atoms with Crippen molar-refractivity contribution in [2.24, 2.45) is 0 Å². The Morgan fingerprint density at radius 1 is 1.35 bits per heavy atom. The lowest BCUT2D eigenvalue weighted by atomic mass is 10.1. The fourth-order valence-electron chi connectivity index (χ4n) is 1.94. The van der Waals surface area contributed by atoms with E-state index in [1.807, 2.05) is 13.0 Å². The van der Waals surface area contributed by atoms with Crippen LogP contribution in [0.3, 0.4) is 0 Å². The van der Waals surface area contributed by atoms with E-state index >= 15 is 0 Å². The predicted molar refractivity (Wildman–Crippen MR) is 80.2 cm³/mol. The zero-order valence-corrected chi connectivity index (χ0v) is 12.4. The molecule has 118 valence electrons. The number of rotatable bonds is 6. The van der Waals surface area contributed by atoms with Crippen molar-refractivity contribution in [3.63, 3.8) is 0 Å². The van der Waals surface area contributed by atoms with Gasteiger partial charge in [-0.15, -0.1) is 0 Å². The Morgan fingerprint density at radius 2 is 2.04 bits per heavy atom. The number of nitro benzene ring substituents is 1. The molecule has 1 unspecified atom stereocenters. The third-order valence-electron chi connectivity index (χ3n) is 3.07. The fourth-order valence-corrected chi connectivity index (χ4v) is 1.94. The van der Waals surface area contributed by atoms with Gasteiger partial charge in [0.2, 0.25) is 6.10 Å². The molecule has 0 aliphatic rings. The van der Waals surface area contributed by atoms with Crippen molar-refractivity contribution in [1.82, 2.24) is 0 Å². The minimum absolute atomic E-state index is 0.0241. The van der Waals surface area contributed by atoms with Crippen LogP contribution < -0.4 is 0 Å². The highest BCUT2D eigenvalue weighted by Gasteiger charge is 2.20. The minimum atomic E-state index is -1.11. The normalized spacial score (nSPS) is 11.5. The molecule has 2 aromatic rings. The molecule has 0 bridgehead atoms. The molecule has 2 rings (SSSR count). The molecular formula is C16H14N2O5. The summed E-state index contributed by atoms with van der Waals surface area (Å²) < 4.78 is 10.6. The number of nitriles is 1. The second-order valence-corrected chi connectivity index (χ2v) is 4.75. The van der Waals surface area contributed by atoms with Gasteiger partial charge in [-0.3, -0.25) is 14.9 Å². The van der Waals surface area contributed by atoms with E-state index < -0.39 is 17.0 Å². The van der Waals surface area contributed by atoms with E-state index in [-0.39, 0.29) is 17.9 Å².